The molecule has 3 atom stereocenters. The van der Waals surface area contributed by atoms with Gasteiger partial charge in [-0.3, -0.25) is 4.68 Å². The van der Waals surface area contributed by atoms with Gasteiger partial charge in [-0.05, 0) is 83.1 Å². The third kappa shape index (κ3) is 5.05. The van der Waals surface area contributed by atoms with Gasteiger partial charge in [0.25, 0.3) is 10.0 Å². The molecular formula is C38H44N8O3S. The molecule has 260 valence electrons. The number of hydrogen-bond donors (Lipinski definition) is 0. The Hall–Kier alpha value is -4.29. The fourth-order valence-electron chi connectivity index (χ4n) is 8.68. The smallest absolute Gasteiger partial charge is 0.283 e. The number of fused-ring (bicyclic) bond motifs is 4. The molecule has 0 amide bonds. The molecule has 50 heavy (non-hydrogen) atoms. The van der Waals surface area contributed by atoms with Crippen LogP contribution in [0, 0.1) is 20.8 Å². The van der Waals surface area contributed by atoms with E-state index in [9.17, 15) is 8.42 Å². The predicted octanol–water partition coefficient (Wildman–Crippen LogP) is 5.98. The molecule has 2 aromatic carbocycles. The van der Waals surface area contributed by atoms with Gasteiger partial charge in [0.05, 0.1) is 33.6 Å². The van der Waals surface area contributed by atoms with Crippen molar-refractivity contribution in [3.63, 3.8) is 0 Å². The van der Waals surface area contributed by atoms with Gasteiger partial charge in [0.2, 0.25) is 0 Å². The van der Waals surface area contributed by atoms with Crippen LogP contribution >= 0.6 is 0 Å². The molecule has 0 radical (unpaired) electrons. The van der Waals surface area contributed by atoms with Crippen molar-refractivity contribution < 1.29 is 13.2 Å². The maximum atomic E-state index is 13.9. The first kappa shape index (κ1) is 31.7. The van der Waals surface area contributed by atoms with Gasteiger partial charge < -0.3 is 14.5 Å². The van der Waals surface area contributed by atoms with Gasteiger partial charge in [0.1, 0.15) is 11.6 Å². The van der Waals surface area contributed by atoms with Crippen molar-refractivity contribution in [2.75, 3.05) is 23.5 Å². The lowest BCUT2D eigenvalue weighted by Crippen LogP contribution is -2.47. The largest absolute Gasteiger partial charge is 0.381 e. The third-order valence-electron chi connectivity index (χ3n) is 11.5. The Bertz CT molecular complexity index is 2240. The van der Waals surface area contributed by atoms with Gasteiger partial charge in [-0.15, -0.1) is 0 Å². The number of methoxy groups -OCH3 is 1. The molecule has 12 heteroatoms. The zero-order chi connectivity index (χ0) is 34.5. The lowest BCUT2D eigenvalue weighted by molar-refractivity contribution is 0.0681. The number of aromatic nitrogens is 6. The molecule has 3 fully saturated rings. The van der Waals surface area contributed by atoms with E-state index in [1.165, 1.54) is 28.2 Å². The summed E-state index contributed by atoms with van der Waals surface area (Å²) in [4.78, 5) is 16.0. The molecule has 1 unspecified atom stereocenters. The highest BCUT2D eigenvalue weighted by molar-refractivity contribution is 7.90. The molecule has 11 nitrogen and oxygen atoms in total. The van der Waals surface area contributed by atoms with Crippen molar-refractivity contribution >= 4 is 32.6 Å². The van der Waals surface area contributed by atoms with Gasteiger partial charge in [0, 0.05) is 74.2 Å². The topological polar surface area (TPSA) is 111 Å². The second-order valence-corrected chi connectivity index (χ2v) is 16.6. The Kier molecular flexibility index (Phi) is 7.37. The number of aryl methyl sites for hydroxylation is 4. The molecule has 1 saturated carbocycles. The summed E-state index contributed by atoms with van der Waals surface area (Å²) in [6, 6.07) is 13.7. The van der Waals surface area contributed by atoms with Gasteiger partial charge >= 0.3 is 0 Å². The molecule has 1 aliphatic carbocycles. The SMILES string of the molecule is COC1C[C@H]2CC[C@@H](C1)N2c1nc(-c2c(C)ccc3c2c(C)nn3S(=O)(=O)c2ccc(C)cc2)nc2c1CN(c1cc(C3CC3)nn1C)CC2. The normalized spacial score (nSPS) is 22.1. The Labute approximate surface area is 293 Å². The molecule has 4 aliphatic rings. The van der Waals surface area contributed by atoms with E-state index in [0.717, 1.165) is 78.1 Å². The first-order chi connectivity index (χ1) is 24.1. The minimum absolute atomic E-state index is 0.208. The van der Waals surface area contributed by atoms with Gasteiger partial charge in [0.15, 0.2) is 5.82 Å². The molecule has 3 aromatic heterocycles. The maximum absolute atomic E-state index is 13.9. The molecular weight excluding hydrogens is 649 g/mol. The van der Waals surface area contributed by atoms with Crippen molar-refractivity contribution in [2.24, 2.45) is 7.05 Å². The average molecular weight is 693 g/mol. The second kappa shape index (κ2) is 11.6. The summed E-state index contributed by atoms with van der Waals surface area (Å²) >= 11 is 0. The van der Waals surface area contributed by atoms with Crippen molar-refractivity contribution in [1.29, 1.82) is 0 Å². The van der Waals surface area contributed by atoms with Crippen LogP contribution in [0.2, 0.25) is 0 Å². The van der Waals surface area contributed by atoms with E-state index >= 15 is 0 Å². The molecule has 2 saturated heterocycles. The van der Waals surface area contributed by atoms with Crippen LogP contribution in [0.1, 0.15) is 78.2 Å². The van der Waals surface area contributed by atoms with Crippen molar-refractivity contribution in [2.45, 2.75) is 101 Å². The third-order valence-corrected chi connectivity index (χ3v) is 13.1. The number of rotatable bonds is 7. The molecule has 6 heterocycles. The van der Waals surface area contributed by atoms with E-state index in [-0.39, 0.29) is 11.0 Å². The number of hydrogen-bond acceptors (Lipinski definition) is 9. The molecule has 9 rings (SSSR count). The van der Waals surface area contributed by atoms with Crippen molar-refractivity contribution in [3.05, 3.63) is 76.2 Å². The van der Waals surface area contributed by atoms with Crippen LogP contribution in [0.4, 0.5) is 11.6 Å². The Morgan fingerprint density at radius 2 is 1.64 bits per heavy atom. The van der Waals surface area contributed by atoms with Crippen LogP contribution in [0.15, 0.2) is 47.4 Å². The number of piperidine rings is 1. The van der Waals surface area contributed by atoms with Crippen LogP contribution in [0.5, 0.6) is 0 Å². The molecule has 0 N–H and O–H groups in total. The van der Waals surface area contributed by atoms with E-state index in [1.807, 2.05) is 49.9 Å². The predicted molar refractivity (Wildman–Crippen MR) is 193 cm³/mol. The summed E-state index contributed by atoms with van der Waals surface area (Å²) in [7, 11) is -0.0470. The van der Waals surface area contributed by atoms with Crippen molar-refractivity contribution in [3.8, 4) is 11.4 Å². The van der Waals surface area contributed by atoms with Gasteiger partial charge in [-0.2, -0.15) is 22.7 Å². The Balaban J connectivity index is 1.19. The van der Waals surface area contributed by atoms with Crippen LogP contribution < -0.4 is 9.80 Å². The highest BCUT2D eigenvalue weighted by Crippen LogP contribution is 2.45. The molecule has 0 spiro atoms. The number of benzene rings is 2. The van der Waals surface area contributed by atoms with Crippen LogP contribution in [0.3, 0.4) is 0 Å². The highest BCUT2D eigenvalue weighted by Gasteiger charge is 2.44. The maximum Gasteiger partial charge on any atom is 0.283 e. The zero-order valence-electron chi connectivity index (χ0n) is 29.4. The first-order valence-corrected chi connectivity index (χ1v) is 19.4. The summed E-state index contributed by atoms with van der Waals surface area (Å²) in [5.74, 6) is 3.38. The van der Waals surface area contributed by atoms with E-state index < -0.39 is 10.0 Å². The van der Waals surface area contributed by atoms with Gasteiger partial charge in [-0.1, -0.05) is 23.8 Å². The monoisotopic (exact) mass is 692 g/mol. The van der Waals surface area contributed by atoms with E-state index in [4.69, 9.17) is 19.8 Å². The molecule has 3 aliphatic heterocycles. The lowest BCUT2D eigenvalue weighted by Gasteiger charge is -2.41. The van der Waals surface area contributed by atoms with Crippen molar-refractivity contribution in [1.82, 2.24) is 28.9 Å². The standard InChI is InChI=1S/C38H44N8O3S/c1-22-6-13-29(14-7-22)50(47,48)46-33-15-8-23(2)35(36(33)24(3)41-46)37-39-31-16-17-44(34-20-32(25-9-10-25)42-43(34)4)21-30(31)38(40-37)45-26-11-12-27(45)19-28(18-26)49-5/h6-8,13-15,20,25-28H,9-12,16-19,21H2,1-5H3/t26-,27+,28?. The summed E-state index contributed by atoms with van der Waals surface area (Å²) in [5, 5.41) is 10.3. The summed E-state index contributed by atoms with van der Waals surface area (Å²) in [6.07, 6.45) is 7.68. The zero-order valence-corrected chi connectivity index (χ0v) is 30.2. The van der Waals surface area contributed by atoms with Crippen LogP contribution in [-0.2, 0) is 34.8 Å². The van der Waals surface area contributed by atoms with Crippen LogP contribution in [0.25, 0.3) is 22.3 Å². The number of nitrogens with zero attached hydrogens (tertiary/aromatic N) is 8. The Morgan fingerprint density at radius 1 is 0.900 bits per heavy atom. The average Bonchev–Trinajstić information content (AvgIpc) is 3.73. The van der Waals surface area contributed by atoms with Crippen LogP contribution in [-0.4, -0.2) is 69.2 Å². The second-order valence-electron chi connectivity index (χ2n) is 14.8. The minimum Gasteiger partial charge on any atom is -0.381 e. The summed E-state index contributed by atoms with van der Waals surface area (Å²) < 4.78 is 37.0. The minimum atomic E-state index is -3.93. The summed E-state index contributed by atoms with van der Waals surface area (Å²) in [6.45, 7) is 7.42. The van der Waals surface area contributed by atoms with Gasteiger partial charge in [-0.25, -0.2) is 9.97 Å². The highest BCUT2D eigenvalue weighted by atomic mass is 32.2. The molecule has 2 bridgehead atoms. The van der Waals surface area contributed by atoms with E-state index in [2.05, 4.69) is 34.9 Å². The fourth-order valence-corrected chi connectivity index (χ4v) is 10.0. The summed E-state index contributed by atoms with van der Waals surface area (Å²) in [5.41, 5.74) is 7.43. The Morgan fingerprint density at radius 3 is 2.34 bits per heavy atom. The lowest BCUT2D eigenvalue weighted by atomic mass is 9.96. The number of anilines is 2. The van der Waals surface area contributed by atoms with E-state index in [1.54, 1.807) is 12.1 Å². The number of ether oxygens (including phenoxy) is 1. The fraction of sp³-hybridized carbons (Fsp3) is 0.474. The quantitative estimate of drug-likeness (QED) is 0.204. The molecule has 5 aromatic rings. The first-order valence-electron chi connectivity index (χ1n) is 17.9. The van der Waals surface area contributed by atoms with E-state index in [0.29, 0.717) is 41.6 Å².